The van der Waals surface area contributed by atoms with Crippen molar-refractivity contribution in [2.75, 3.05) is 58.9 Å². The molecule has 0 unspecified atom stereocenters. The third-order valence-electron chi connectivity index (χ3n) is 7.59. The number of hydrogen-bond acceptors (Lipinski definition) is 3. The molecule has 3 heteroatoms. The van der Waals surface area contributed by atoms with Crippen molar-refractivity contribution in [1.29, 1.82) is 0 Å². The molecule has 3 aliphatic heterocycles. The second-order valence-electron chi connectivity index (χ2n) is 13.1. The normalized spacial score (nSPS) is 25.9. The minimum absolute atomic E-state index is 0. The molecule has 0 amide bonds. The molecule has 3 saturated heterocycles. The Morgan fingerprint density at radius 2 is 0.735 bits per heavy atom. The second-order valence-corrected chi connectivity index (χ2v) is 13.1. The van der Waals surface area contributed by atoms with Crippen molar-refractivity contribution in [2.24, 2.45) is 35.5 Å². The maximum absolute atomic E-state index is 2.60. The maximum Gasteiger partial charge on any atom is 0.000750 e. The van der Waals surface area contributed by atoms with Crippen LogP contribution in [0.15, 0.2) is 0 Å². The van der Waals surface area contributed by atoms with E-state index in [1.54, 1.807) is 0 Å². The molecule has 3 aliphatic rings. The van der Waals surface area contributed by atoms with Gasteiger partial charge in [0.2, 0.25) is 0 Å². The van der Waals surface area contributed by atoms with Gasteiger partial charge in [-0.15, -0.1) is 0 Å². The second kappa shape index (κ2) is 19.1. The lowest BCUT2D eigenvalue weighted by molar-refractivity contribution is 0.305. The summed E-state index contributed by atoms with van der Waals surface area (Å²) >= 11 is 0. The summed E-state index contributed by atoms with van der Waals surface area (Å²) in [6, 6.07) is 0. The highest BCUT2D eigenvalue weighted by Gasteiger charge is 2.19. The zero-order chi connectivity index (χ0) is 24.8. The van der Waals surface area contributed by atoms with Gasteiger partial charge < -0.3 is 14.7 Å². The lowest BCUT2D eigenvalue weighted by Crippen LogP contribution is -2.22. The highest BCUT2D eigenvalue weighted by Crippen LogP contribution is 2.17. The number of rotatable bonds is 9. The summed E-state index contributed by atoms with van der Waals surface area (Å²) in [6.45, 7) is 32.9. The first kappa shape index (κ1) is 33.9. The maximum atomic E-state index is 2.60. The molecule has 0 bridgehead atoms. The van der Waals surface area contributed by atoms with E-state index in [1.165, 1.54) is 97.4 Å². The van der Waals surface area contributed by atoms with E-state index in [-0.39, 0.29) is 7.43 Å². The van der Waals surface area contributed by atoms with Crippen LogP contribution < -0.4 is 0 Å². The van der Waals surface area contributed by atoms with Gasteiger partial charge in [-0.1, -0.05) is 69.7 Å². The molecule has 0 spiro atoms. The molecule has 3 atom stereocenters. The lowest BCUT2D eigenvalue weighted by Gasteiger charge is -2.16. The topological polar surface area (TPSA) is 9.72 Å². The Morgan fingerprint density at radius 1 is 0.500 bits per heavy atom. The van der Waals surface area contributed by atoms with Crippen LogP contribution >= 0.6 is 0 Å². The Labute approximate surface area is 217 Å². The van der Waals surface area contributed by atoms with E-state index >= 15 is 0 Å². The quantitative estimate of drug-likeness (QED) is 0.333. The molecular formula is C31H67N3. The van der Waals surface area contributed by atoms with E-state index in [2.05, 4.69) is 77.0 Å². The van der Waals surface area contributed by atoms with Crippen molar-refractivity contribution < 1.29 is 0 Å². The zero-order valence-electron chi connectivity index (χ0n) is 24.4. The molecule has 0 aliphatic carbocycles. The van der Waals surface area contributed by atoms with Crippen LogP contribution in [-0.4, -0.2) is 73.6 Å². The lowest BCUT2D eigenvalue weighted by atomic mass is 10.1. The van der Waals surface area contributed by atoms with Crippen molar-refractivity contribution in [3.63, 3.8) is 0 Å². The predicted molar refractivity (Wildman–Crippen MR) is 156 cm³/mol. The third kappa shape index (κ3) is 17.3. The predicted octanol–water partition coefficient (Wildman–Crippen LogP) is 7.76. The Bertz CT molecular complexity index is 395. The van der Waals surface area contributed by atoms with Gasteiger partial charge in [-0.05, 0) is 113 Å². The number of hydrogen-bond donors (Lipinski definition) is 0. The average molecular weight is 482 g/mol. The molecule has 3 fully saturated rings. The van der Waals surface area contributed by atoms with Crippen LogP contribution in [0.3, 0.4) is 0 Å². The summed E-state index contributed by atoms with van der Waals surface area (Å²) in [5, 5.41) is 0. The van der Waals surface area contributed by atoms with Gasteiger partial charge in [-0.3, -0.25) is 0 Å². The Balaban J connectivity index is 0.000000473. The fourth-order valence-corrected chi connectivity index (χ4v) is 5.01. The Hall–Kier alpha value is -0.120. The molecule has 0 aromatic heterocycles. The molecule has 0 saturated carbocycles. The summed E-state index contributed by atoms with van der Waals surface area (Å²) in [4.78, 5) is 7.81. The van der Waals surface area contributed by atoms with Crippen molar-refractivity contribution >= 4 is 0 Å². The van der Waals surface area contributed by atoms with Gasteiger partial charge in [-0.2, -0.15) is 0 Å². The van der Waals surface area contributed by atoms with Gasteiger partial charge in [0.25, 0.3) is 0 Å². The van der Waals surface area contributed by atoms with Crippen LogP contribution in [0.2, 0.25) is 0 Å². The summed E-state index contributed by atoms with van der Waals surface area (Å²) in [7, 11) is 0. The molecule has 0 aromatic carbocycles. The first-order chi connectivity index (χ1) is 15.5. The van der Waals surface area contributed by atoms with Crippen LogP contribution in [0.1, 0.15) is 108 Å². The standard InChI is InChI=1S/3C10H21N.CH4/c3*1-9(2)4-6-11-7-5-10(3)8-11;/h3*9-10H,4-8H2,1-3H3;1H4/t3*10-;/m000./s1. The fraction of sp³-hybridized carbons (Fsp3) is 1.00. The SMILES string of the molecule is C.CC(C)CCN1CC[C@H](C)C1.CC(C)CCN1CC[C@H](C)C1.CC(C)CCN1CC[C@H](C)C1. The number of nitrogens with zero attached hydrogens (tertiary/aromatic N) is 3. The Kier molecular flexibility index (Phi) is 19.0. The van der Waals surface area contributed by atoms with E-state index in [0.717, 1.165) is 35.5 Å². The van der Waals surface area contributed by atoms with Crippen LogP contribution in [0.4, 0.5) is 0 Å². The summed E-state index contributed by atoms with van der Waals surface area (Å²) in [5.41, 5.74) is 0. The zero-order valence-corrected chi connectivity index (χ0v) is 24.4. The van der Waals surface area contributed by atoms with Gasteiger partial charge in [0, 0.05) is 19.6 Å². The van der Waals surface area contributed by atoms with Crippen molar-refractivity contribution in [1.82, 2.24) is 14.7 Å². The first-order valence-corrected chi connectivity index (χ1v) is 14.7. The van der Waals surface area contributed by atoms with Gasteiger partial charge >= 0.3 is 0 Å². The van der Waals surface area contributed by atoms with Gasteiger partial charge in [0.15, 0.2) is 0 Å². The van der Waals surface area contributed by atoms with Gasteiger partial charge in [0.05, 0.1) is 0 Å². The van der Waals surface area contributed by atoms with Crippen molar-refractivity contribution in [3.8, 4) is 0 Å². The molecule has 206 valence electrons. The van der Waals surface area contributed by atoms with E-state index in [0.29, 0.717) is 0 Å². The van der Waals surface area contributed by atoms with E-state index in [4.69, 9.17) is 0 Å². The molecule has 3 heterocycles. The van der Waals surface area contributed by atoms with Crippen LogP contribution in [0.5, 0.6) is 0 Å². The third-order valence-corrected chi connectivity index (χ3v) is 7.59. The smallest absolute Gasteiger partial charge is 0.000750 e. The van der Waals surface area contributed by atoms with Crippen LogP contribution in [0.25, 0.3) is 0 Å². The minimum atomic E-state index is 0. The molecular weight excluding hydrogens is 414 g/mol. The first-order valence-electron chi connectivity index (χ1n) is 14.7. The molecule has 0 radical (unpaired) electrons. The largest absolute Gasteiger partial charge is 0.303 e. The van der Waals surface area contributed by atoms with Gasteiger partial charge in [0.1, 0.15) is 0 Å². The average Bonchev–Trinajstić information content (AvgIpc) is 3.46. The van der Waals surface area contributed by atoms with Gasteiger partial charge in [-0.25, -0.2) is 0 Å². The van der Waals surface area contributed by atoms with Crippen LogP contribution in [-0.2, 0) is 0 Å². The Morgan fingerprint density at radius 3 is 0.882 bits per heavy atom. The summed E-state index contributed by atoms with van der Waals surface area (Å²) in [5.74, 6) is 5.44. The highest BCUT2D eigenvalue weighted by molar-refractivity contribution is 4.73. The fourth-order valence-electron chi connectivity index (χ4n) is 5.01. The monoisotopic (exact) mass is 482 g/mol. The van der Waals surface area contributed by atoms with Crippen LogP contribution in [0, 0.1) is 35.5 Å². The molecule has 34 heavy (non-hydrogen) atoms. The van der Waals surface area contributed by atoms with E-state index in [1.807, 2.05) is 0 Å². The molecule has 0 N–H and O–H groups in total. The minimum Gasteiger partial charge on any atom is -0.303 e. The van der Waals surface area contributed by atoms with Crippen molar-refractivity contribution in [3.05, 3.63) is 0 Å². The summed E-state index contributed by atoms with van der Waals surface area (Å²) in [6.07, 6.45) is 8.35. The summed E-state index contributed by atoms with van der Waals surface area (Å²) < 4.78 is 0. The molecule has 3 nitrogen and oxygen atoms in total. The van der Waals surface area contributed by atoms with Crippen molar-refractivity contribution in [2.45, 2.75) is 108 Å². The highest BCUT2D eigenvalue weighted by atomic mass is 15.1. The molecule has 0 aromatic rings. The molecule has 3 rings (SSSR count). The number of likely N-dealkylation sites (tertiary alicyclic amines) is 3. The van der Waals surface area contributed by atoms with E-state index in [9.17, 15) is 0 Å². The van der Waals surface area contributed by atoms with E-state index < -0.39 is 0 Å².